The highest BCUT2D eigenvalue weighted by Crippen LogP contribution is 2.14. The number of hydrogen-bond donors (Lipinski definition) is 1. The summed E-state index contributed by atoms with van der Waals surface area (Å²) < 4.78 is 30.3. The van der Waals surface area contributed by atoms with Crippen LogP contribution in [-0.4, -0.2) is 28.0 Å². The average molecular weight is 356 g/mol. The van der Waals surface area contributed by atoms with Crippen LogP contribution in [0.15, 0.2) is 59.9 Å². The van der Waals surface area contributed by atoms with Gasteiger partial charge in [0, 0.05) is 18.5 Å². The van der Waals surface area contributed by atoms with Gasteiger partial charge in [0.25, 0.3) is 10.0 Å². The number of anilines is 1. The van der Waals surface area contributed by atoms with Crippen LogP contribution in [0.2, 0.25) is 0 Å². The molecule has 1 N–H and O–H groups in total. The van der Waals surface area contributed by atoms with Crippen LogP contribution in [-0.2, 0) is 23.1 Å². The van der Waals surface area contributed by atoms with Crippen molar-refractivity contribution in [2.75, 3.05) is 4.72 Å². The van der Waals surface area contributed by atoms with Gasteiger partial charge in [-0.2, -0.15) is 15.5 Å². The van der Waals surface area contributed by atoms with Gasteiger partial charge in [-0.15, -0.1) is 0 Å². The molecule has 0 saturated heterocycles. The summed E-state index contributed by atoms with van der Waals surface area (Å²) >= 11 is 0. The molecule has 0 saturated carbocycles. The first-order valence-electron chi connectivity index (χ1n) is 7.56. The molecule has 2 aromatic heterocycles. The molecule has 0 aliphatic heterocycles. The van der Waals surface area contributed by atoms with E-state index in [1.54, 1.807) is 16.9 Å². The monoisotopic (exact) mass is 356 g/mol. The zero-order valence-electron chi connectivity index (χ0n) is 13.3. The summed E-state index contributed by atoms with van der Waals surface area (Å²) in [5.74, 6) is 0.203. The Morgan fingerprint density at radius 2 is 1.96 bits per heavy atom. The number of sulfonamides is 1. The second-order valence-corrected chi connectivity index (χ2v) is 7.02. The molecular formula is C16H16N6O2S. The third-order valence-electron chi connectivity index (χ3n) is 3.44. The molecule has 3 aromatic rings. The SMILES string of the molecule is N#CCCn1ccc(NS(=O)(=O)c2cnn(Cc3ccccc3)c2)n1. The number of nitrogens with one attached hydrogen (secondary N) is 1. The van der Waals surface area contributed by atoms with Crippen molar-refractivity contribution in [2.45, 2.75) is 24.4 Å². The molecular weight excluding hydrogens is 340 g/mol. The number of aryl methyl sites for hydroxylation is 1. The quantitative estimate of drug-likeness (QED) is 0.695. The van der Waals surface area contributed by atoms with Crippen molar-refractivity contribution in [3.8, 4) is 6.07 Å². The molecule has 0 aliphatic carbocycles. The standard InChI is InChI=1S/C16H16N6O2S/c17-8-4-9-21-10-7-16(19-21)20-25(23,24)15-11-18-22(13-15)12-14-5-2-1-3-6-14/h1-3,5-7,10-11,13H,4,9,12H2,(H,19,20). The first-order chi connectivity index (χ1) is 12.1. The van der Waals surface area contributed by atoms with Crippen LogP contribution in [0.5, 0.6) is 0 Å². The molecule has 0 spiro atoms. The minimum absolute atomic E-state index is 0.0648. The third kappa shape index (κ3) is 4.24. The zero-order chi connectivity index (χ0) is 17.7. The van der Waals surface area contributed by atoms with Crippen LogP contribution in [0.25, 0.3) is 0 Å². The molecule has 0 bridgehead atoms. The largest absolute Gasteiger partial charge is 0.270 e. The van der Waals surface area contributed by atoms with Crippen molar-refractivity contribution in [3.63, 3.8) is 0 Å². The number of nitrogens with zero attached hydrogens (tertiary/aromatic N) is 5. The fourth-order valence-electron chi connectivity index (χ4n) is 2.24. The lowest BCUT2D eigenvalue weighted by Crippen LogP contribution is -2.13. The van der Waals surface area contributed by atoms with Crippen LogP contribution in [0.3, 0.4) is 0 Å². The van der Waals surface area contributed by atoms with Gasteiger partial charge < -0.3 is 0 Å². The highest BCUT2D eigenvalue weighted by Gasteiger charge is 2.18. The Bertz CT molecular complexity index is 985. The predicted molar refractivity (Wildman–Crippen MR) is 91.0 cm³/mol. The van der Waals surface area contributed by atoms with Crippen molar-refractivity contribution in [1.29, 1.82) is 5.26 Å². The molecule has 8 nitrogen and oxygen atoms in total. The maximum atomic E-state index is 12.4. The van der Waals surface area contributed by atoms with Crippen LogP contribution >= 0.6 is 0 Å². The molecule has 128 valence electrons. The highest BCUT2D eigenvalue weighted by atomic mass is 32.2. The number of aromatic nitrogens is 4. The molecule has 0 radical (unpaired) electrons. The smallest absolute Gasteiger partial charge is 0.266 e. The third-order valence-corrected chi connectivity index (χ3v) is 4.75. The van der Waals surface area contributed by atoms with Gasteiger partial charge in [0.15, 0.2) is 5.82 Å². The van der Waals surface area contributed by atoms with Gasteiger partial charge in [0.05, 0.1) is 31.8 Å². The zero-order valence-corrected chi connectivity index (χ0v) is 14.1. The molecule has 0 unspecified atom stereocenters. The van der Waals surface area contributed by atoms with Crippen molar-refractivity contribution in [3.05, 3.63) is 60.6 Å². The molecule has 25 heavy (non-hydrogen) atoms. The summed E-state index contributed by atoms with van der Waals surface area (Å²) in [6, 6.07) is 13.2. The molecule has 0 fully saturated rings. The Labute approximate surface area is 145 Å². The van der Waals surface area contributed by atoms with E-state index >= 15 is 0 Å². The van der Waals surface area contributed by atoms with E-state index in [1.165, 1.54) is 17.1 Å². The van der Waals surface area contributed by atoms with E-state index in [-0.39, 0.29) is 10.7 Å². The molecule has 2 heterocycles. The number of hydrogen-bond acceptors (Lipinski definition) is 5. The van der Waals surface area contributed by atoms with Gasteiger partial charge >= 0.3 is 0 Å². The summed E-state index contributed by atoms with van der Waals surface area (Å²) in [5, 5.41) is 16.7. The summed E-state index contributed by atoms with van der Waals surface area (Å²) in [7, 11) is -3.77. The van der Waals surface area contributed by atoms with Crippen LogP contribution in [0.4, 0.5) is 5.82 Å². The fraction of sp³-hybridized carbons (Fsp3) is 0.188. The molecule has 0 atom stereocenters. The number of rotatable bonds is 7. The second-order valence-electron chi connectivity index (χ2n) is 5.34. The minimum atomic E-state index is -3.77. The van der Waals surface area contributed by atoms with Gasteiger partial charge in [-0.3, -0.25) is 14.1 Å². The van der Waals surface area contributed by atoms with E-state index in [0.29, 0.717) is 19.5 Å². The van der Waals surface area contributed by atoms with E-state index in [9.17, 15) is 8.42 Å². The molecule has 0 aliphatic rings. The van der Waals surface area contributed by atoms with E-state index in [0.717, 1.165) is 5.56 Å². The van der Waals surface area contributed by atoms with Gasteiger partial charge in [0.1, 0.15) is 4.90 Å². The molecule has 0 amide bonds. The van der Waals surface area contributed by atoms with Crippen LogP contribution in [0.1, 0.15) is 12.0 Å². The van der Waals surface area contributed by atoms with E-state index in [2.05, 4.69) is 14.9 Å². The first kappa shape index (κ1) is 16.7. The maximum Gasteiger partial charge on any atom is 0.266 e. The van der Waals surface area contributed by atoms with Crippen LogP contribution in [0, 0.1) is 11.3 Å². The van der Waals surface area contributed by atoms with Crippen LogP contribution < -0.4 is 4.72 Å². The van der Waals surface area contributed by atoms with Gasteiger partial charge in [0.2, 0.25) is 0 Å². The number of benzene rings is 1. The average Bonchev–Trinajstić information content (AvgIpc) is 3.23. The fourth-order valence-corrected chi connectivity index (χ4v) is 3.19. The first-order valence-corrected chi connectivity index (χ1v) is 9.05. The Balaban J connectivity index is 1.70. The Morgan fingerprint density at radius 1 is 1.16 bits per heavy atom. The van der Waals surface area contributed by atoms with Crippen molar-refractivity contribution in [1.82, 2.24) is 19.6 Å². The summed E-state index contributed by atoms with van der Waals surface area (Å²) in [4.78, 5) is 0.0648. The van der Waals surface area contributed by atoms with Crippen molar-refractivity contribution < 1.29 is 8.42 Å². The van der Waals surface area contributed by atoms with Gasteiger partial charge in [-0.05, 0) is 5.56 Å². The summed E-state index contributed by atoms with van der Waals surface area (Å²) in [6.45, 7) is 0.895. The van der Waals surface area contributed by atoms with Gasteiger partial charge in [-0.1, -0.05) is 30.3 Å². The van der Waals surface area contributed by atoms with Gasteiger partial charge in [-0.25, -0.2) is 8.42 Å². The Kier molecular flexibility index (Phi) is 4.81. The molecule has 1 aromatic carbocycles. The van der Waals surface area contributed by atoms with Crippen molar-refractivity contribution in [2.24, 2.45) is 0 Å². The highest BCUT2D eigenvalue weighted by molar-refractivity contribution is 7.92. The Morgan fingerprint density at radius 3 is 2.72 bits per heavy atom. The van der Waals surface area contributed by atoms with E-state index in [4.69, 9.17) is 5.26 Å². The molecule has 9 heteroatoms. The molecule has 3 rings (SSSR count). The summed E-state index contributed by atoms with van der Waals surface area (Å²) in [6.07, 6.45) is 4.70. The lowest BCUT2D eigenvalue weighted by molar-refractivity contribution is 0.599. The second kappa shape index (κ2) is 7.19. The Hall–Kier alpha value is -3.12. The van der Waals surface area contributed by atoms with Crippen molar-refractivity contribution >= 4 is 15.8 Å². The number of nitriles is 1. The lowest BCUT2D eigenvalue weighted by atomic mass is 10.2. The lowest BCUT2D eigenvalue weighted by Gasteiger charge is -2.03. The minimum Gasteiger partial charge on any atom is -0.270 e. The predicted octanol–water partition coefficient (Wildman–Crippen LogP) is 1.84. The topological polar surface area (TPSA) is 106 Å². The maximum absolute atomic E-state index is 12.4. The van der Waals surface area contributed by atoms with E-state index in [1.807, 2.05) is 36.4 Å². The van der Waals surface area contributed by atoms with E-state index < -0.39 is 10.0 Å². The normalized spacial score (nSPS) is 11.2. The summed E-state index contributed by atoms with van der Waals surface area (Å²) in [5.41, 5.74) is 1.03.